The number of rotatable bonds is 10. The molecule has 1 aromatic heterocycles. The second kappa shape index (κ2) is 13.4. The van der Waals surface area contributed by atoms with E-state index in [4.69, 9.17) is 11.5 Å². The Balaban J connectivity index is 1.40. The van der Waals surface area contributed by atoms with E-state index in [1.165, 1.54) is 6.08 Å². The molecule has 0 unspecified atom stereocenters. The predicted octanol–water partition coefficient (Wildman–Crippen LogP) is 2.79. The third-order valence-electron chi connectivity index (χ3n) is 7.21. The van der Waals surface area contributed by atoms with Crippen LogP contribution in [-0.2, 0) is 23.1 Å². The van der Waals surface area contributed by atoms with Gasteiger partial charge in [0.1, 0.15) is 5.84 Å². The zero-order valence-corrected chi connectivity index (χ0v) is 25.7. The molecule has 3 aromatic rings. The van der Waals surface area contributed by atoms with Gasteiger partial charge in [-0.25, -0.2) is 4.99 Å². The van der Waals surface area contributed by atoms with E-state index in [9.17, 15) is 14.4 Å². The number of carbonyl (C=O) groups is 3. The molecule has 3 amide bonds. The van der Waals surface area contributed by atoms with Crippen LogP contribution in [0.4, 0.5) is 17.1 Å². The molecule has 0 radical (unpaired) electrons. The Morgan fingerprint density at radius 1 is 1.09 bits per heavy atom. The Kier molecular flexibility index (Phi) is 9.64. The van der Waals surface area contributed by atoms with E-state index in [0.717, 1.165) is 5.56 Å². The maximum Gasteiger partial charge on any atom is 0.255 e. The van der Waals surface area contributed by atoms with Crippen molar-refractivity contribution in [3.8, 4) is 0 Å². The second-order valence-corrected chi connectivity index (χ2v) is 11.4. The van der Waals surface area contributed by atoms with Crippen LogP contribution in [0.25, 0.3) is 0 Å². The molecule has 4 rings (SSSR count). The van der Waals surface area contributed by atoms with E-state index >= 15 is 0 Å². The molecule has 0 bridgehead atoms. The lowest BCUT2D eigenvalue weighted by atomic mass is 9.99. The van der Waals surface area contributed by atoms with Crippen LogP contribution in [0.3, 0.4) is 0 Å². The predicted molar refractivity (Wildman–Crippen MR) is 172 cm³/mol. The summed E-state index contributed by atoms with van der Waals surface area (Å²) in [5.41, 5.74) is 16.1. The molecule has 1 aliphatic rings. The van der Waals surface area contributed by atoms with Gasteiger partial charge in [0, 0.05) is 54.1 Å². The molecular formula is C32H39N9O3. The molecule has 0 saturated carbocycles. The summed E-state index contributed by atoms with van der Waals surface area (Å²) >= 11 is 0. The maximum atomic E-state index is 13.2. The molecule has 12 heteroatoms. The van der Waals surface area contributed by atoms with E-state index in [1.807, 2.05) is 39.0 Å². The van der Waals surface area contributed by atoms with Gasteiger partial charge in [-0.3, -0.25) is 19.1 Å². The summed E-state index contributed by atoms with van der Waals surface area (Å²) in [4.78, 5) is 46.3. The highest BCUT2D eigenvalue weighted by atomic mass is 16.2. The second-order valence-electron chi connectivity index (χ2n) is 11.4. The molecule has 12 nitrogen and oxygen atoms in total. The molecule has 1 aliphatic heterocycles. The number of carbonyl (C=O) groups excluding carboxylic acids is 3. The summed E-state index contributed by atoms with van der Waals surface area (Å²) in [6, 6.07) is 13.5. The van der Waals surface area contributed by atoms with Crippen molar-refractivity contribution in [2.75, 3.05) is 37.8 Å². The molecule has 0 saturated heterocycles. The van der Waals surface area contributed by atoms with E-state index in [1.54, 1.807) is 77.4 Å². The normalized spacial score (nSPS) is 14.9. The van der Waals surface area contributed by atoms with E-state index in [-0.39, 0.29) is 36.5 Å². The third-order valence-corrected chi connectivity index (χ3v) is 7.21. The first-order valence-corrected chi connectivity index (χ1v) is 14.1. The Labute approximate surface area is 257 Å². The van der Waals surface area contributed by atoms with Crippen LogP contribution in [0.2, 0.25) is 0 Å². The summed E-state index contributed by atoms with van der Waals surface area (Å²) in [5, 5.41) is 9.76. The quantitative estimate of drug-likeness (QED) is 0.159. The third kappa shape index (κ3) is 7.78. The van der Waals surface area contributed by atoms with Gasteiger partial charge < -0.3 is 31.9 Å². The van der Waals surface area contributed by atoms with Crippen molar-refractivity contribution >= 4 is 40.6 Å². The fourth-order valence-electron chi connectivity index (χ4n) is 4.73. The molecule has 0 atom stereocenters. The standard InChI is InChI=1S/C32H39N9O3/c1-32(2)29(33)26(20-41(32)28(43)16-21-18-35-40(5)19-21)30(34)37-24-8-6-9-25(17-24)38-31(44)22-11-13-23(14-12-22)36-27(42)10-7-15-39(3)4/h6-14,17-19H,15-16,20,33H2,1-5H3,(H2,34,37)(H,36,42)(H,38,44)/b10-7+. The number of likely N-dealkylation sites (N-methyl/N-ethyl adjacent to an activating group) is 1. The topological polar surface area (TPSA) is 164 Å². The Morgan fingerprint density at radius 2 is 1.82 bits per heavy atom. The number of nitrogens with zero attached hydrogens (tertiary/aromatic N) is 5. The number of anilines is 2. The SMILES string of the molecule is CN(C)C/C=C/C(=O)Nc1ccc(C(=O)Nc2cccc(N=C(N)C3=C(N)C(C)(C)N(C(=O)Cc4cnn(C)c4)C3)c2)cc1. The molecule has 6 N–H and O–H groups in total. The Morgan fingerprint density at radius 3 is 2.48 bits per heavy atom. The highest BCUT2D eigenvalue weighted by Crippen LogP contribution is 2.32. The van der Waals surface area contributed by atoms with Crippen molar-refractivity contribution in [3.63, 3.8) is 0 Å². The summed E-state index contributed by atoms with van der Waals surface area (Å²) in [7, 11) is 5.64. The van der Waals surface area contributed by atoms with E-state index in [0.29, 0.717) is 40.4 Å². The largest absolute Gasteiger partial charge is 0.400 e. The van der Waals surface area contributed by atoms with E-state index < -0.39 is 5.54 Å². The van der Waals surface area contributed by atoms with E-state index in [2.05, 4.69) is 20.7 Å². The molecule has 0 aliphatic carbocycles. The van der Waals surface area contributed by atoms with Crippen molar-refractivity contribution in [2.45, 2.75) is 25.8 Å². The van der Waals surface area contributed by atoms with Crippen molar-refractivity contribution in [3.05, 3.63) is 95.5 Å². The van der Waals surface area contributed by atoms with Crippen molar-refractivity contribution in [1.82, 2.24) is 19.6 Å². The molecule has 0 spiro atoms. The summed E-state index contributed by atoms with van der Waals surface area (Å²) < 4.78 is 1.65. The molecule has 0 fully saturated rings. The zero-order chi connectivity index (χ0) is 32.0. The van der Waals surface area contributed by atoms with Gasteiger partial charge in [-0.05, 0) is 76.0 Å². The van der Waals surface area contributed by atoms with Gasteiger partial charge in [0.05, 0.1) is 30.4 Å². The Hall–Kier alpha value is -5.23. The number of hydrogen-bond acceptors (Lipinski definition) is 7. The highest BCUT2D eigenvalue weighted by Gasteiger charge is 2.42. The smallest absolute Gasteiger partial charge is 0.255 e. The van der Waals surface area contributed by atoms with Gasteiger partial charge in [0.25, 0.3) is 5.91 Å². The summed E-state index contributed by atoms with van der Waals surface area (Å²) in [6.45, 7) is 4.64. The molecule has 2 heterocycles. The minimum absolute atomic E-state index is 0.0919. The number of aromatic nitrogens is 2. The number of amidine groups is 1. The number of nitrogens with two attached hydrogens (primary N) is 2. The average Bonchev–Trinajstić information content (AvgIpc) is 3.47. The number of aryl methyl sites for hydroxylation is 1. The molecule has 230 valence electrons. The van der Waals surface area contributed by atoms with Gasteiger partial charge >= 0.3 is 0 Å². The van der Waals surface area contributed by atoms with Crippen LogP contribution < -0.4 is 22.1 Å². The van der Waals surface area contributed by atoms with Gasteiger partial charge in [-0.1, -0.05) is 12.1 Å². The maximum absolute atomic E-state index is 13.2. The molecular weight excluding hydrogens is 558 g/mol. The van der Waals surface area contributed by atoms with Crippen molar-refractivity contribution in [2.24, 2.45) is 23.5 Å². The molecule has 2 aromatic carbocycles. The first-order valence-electron chi connectivity index (χ1n) is 14.1. The molecule has 44 heavy (non-hydrogen) atoms. The van der Waals surface area contributed by atoms with Crippen LogP contribution >= 0.6 is 0 Å². The average molecular weight is 598 g/mol. The lowest BCUT2D eigenvalue weighted by Gasteiger charge is -2.33. The number of hydrogen-bond donors (Lipinski definition) is 4. The zero-order valence-electron chi connectivity index (χ0n) is 25.7. The minimum atomic E-state index is -0.744. The highest BCUT2D eigenvalue weighted by molar-refractivity contribution is 6.05. The van der Waals surface area contributed by atoms with Crippen molar-refractivity contribution < 1.29 is 14.4 Å². The monoisotopic (exact) mass is 597 g/mol. The van der Waals surface area contributed by atoms with Gasteiger partial charge in [0.15, 0.2) is 0 Å². The van der Waals surface area contributed by atoms with Gasteiger partial charge in [0.2, 0.25) is 11.8 Å². The van der Waals surface area contributed by atoms with Gasteiger partial charge in [-0.2, -0.15) is 5.10 Å². The van der Waals surface area contributed by atoms with Gasteiger partial charge in [-0.15, -0.1) is 0 Å². The van der Waals surface area contributed by atoms with Crippen LogP contribution in [-0.4, -0.2) is 75.9 Å². The first kappa shape index (κ1) is 31.7. The lowest BCUT2D eigenvalue weighted by Crippen LogP contribution is -2.47. The number of amides is 3. The summed E-state index contributed by atoms with van der Waals surface area (Å²) in [6.07, 6.45) is 6.91. The van der Waals surface area contributed by atoms with Crippen LogP contribution in [0, 0.1) is 0 Å². The fraction of sp³-hybridized carbons (Fsp3) is 0.281. The fourth-order valence-corrected chi connectivity index (χ4v) is 4.73. The lowest BCUT2D eigenvalue weighted by molar-refractivity contribution is -0.133. The van der Waals surface area contributed by atoms with Crippen molar-refractivity contribution in [1.29, 1.82) is 0 Å². The minimum Gasteiger partial charge on any atom is -0.400 e. The number of nitrogens with one attached hydrogen (secondary N) is 2. The van der Waals surface area contributed by atoms with Crippen LogP contribution in [0.15, 0.2) is 89.3 Å². The summed E-state index contributed by atoms with van der Waals surface area (Å²) in [5.74, 6) is -0.464. The first-order chi connectivity index (χ1) is 20.8. The Bertz CT molecular complexity index is 1630. The van der Waals surface area contributed by atoms with Crippen LogP contribution in [0.1, 0.15) is 29.8 Å². The number of benzene rings is 2. The van der Waals surface area contributed by atoms with Crippen LogP contribution in [0.5, 0.6) is 0 Å². The number of aliphatic imine (C=N–C) groups is 1.